The largest absolute Gasteiger partial charge is 0.251 e. The number of hydrogen-bond acceptors (Lipinski definition) is 2. The Morgan fingerprint density at radius 2 is 0.541 bits per heavy atom. The van der Waals surface area contributed by atoms with Gasteiger partial charge >= 0.3 is 0 Å². The quantitative estimate of drug-likeness (QED) is 0.0358. The Morgan fingerprint density at radius 1 is 0.284 bits per heavy atom. The minimum Gasteiger partial charge on any atom is -0.251 e. The number of nitrogens with zero attached hydrogens (tertiary/aromatic N) is 2. The van der Waals surface area contributed by atoms with E-state index in [2.05, 4.69) is 99.9 Å². The zero-order valence-corrected chi connectivity index (χ0v) is 49.9. The van der Waals surface area contributed by atoms with E-state index in [-0.39, 0.29) is 0 Å². The van der Waals surface area contributed by atoms with Crippen LogP contribution in [0.3, 0.4) is 0 Å². The molecule has 0 aliphatic heterocycles. The zero-order valence-electron chi connectivity index (χ0n) is 49.9. The molecule has 2 aromatic rings. The fourth-order valence-electron chi connectivity index (χ4n) is 10.6. The molecule has 0 saturated heterocycles. The molecule has 0 heterocycles. The van der Waals surface area contributed by atoms with E-state index >= 15 is 0 Å². The smallest absolute Gasteiger partial charge is 0.0666 e. The van der Waals surface area contributed by atoms with Gasteiger partial charge in [0.25, 0.3) is 0 Å². The maximum atomic E-state index is 5.38. The van der Waals surface area contributed by atoms with Crippen molar-refractivity contribution in [2.45, 2.75) is 349 Å². The zero-order chi connectivity index (χ0) is 52.7. The minimum atomic E-state index is 0.864. The molecule has 0 N–H and O–H groups in total. The Kier molecular flexibility index (Phi) is 48.3. The maximum absolute atomic E-state index is 5.38. The average Bonchev–Trinajstić information content (AvgIpc) is 3.42. The predicted octanol–water partition coefficient (Wildman–Crippen LogP) is 24.4. The first kappa shape index (κ1) is 67.0. The van der Waals surface area contributed by atoms with Crippen molar-refractivity contribution < 1.29 is 0 Å². The third-order valence-corrected chi connectivity index (χ3v) is 15.5. The van der Waals surface area contributed by atoms with Crippen molar-refractivity contribution in [3.8, 4) is 23.7 Å². The summed E-state index contributed by atoms with van der Waals surface area (Å²) in [6.45, 7) is 9.12. The van der Waals surface area contributed by atoms with Crippen molar-refractivity contribution in [2.24, 2.45) is 9.98 Å². The molecule has 0 saturated carbocycles. The Morgan fingerprint density at radius 3 is 0.838 bits per heavy atom. The molecule has 2 nitrogen and oxygen atoms in total. The molecule has 0 aliphatic rings. The fraction of sp³-hybridized carbons (Fsp3) is 0.750. The average molecular weight is 1010 g/mol. The summed E-state index contributed by atoms with van der Waals surface area (Å²) < 4.78 is 0. The van der Waals surface area contributed by atoms with E-state index in [0.29, 0.717) is 0 Å². The Balaban J connectivity index is 1.63. The van der Waals surface area contributed by atoms with E-state index in [0.717, 1.165) is 87.0 Å². The highest BCUT2D eigenvalue weighted by Gasteiger charge is 2.12. The molecule has 2 heteroatoms. The lowest BCUT2D eigenvalue weighted by molar-refractivity contribution is 0.522. The summed E-state index contributed by atoms with van der Waals surface area (Å²) in [4.78, 5) is 10.7. The molecule has 0 amide bonds. The van der Waals surface area contributed by atoms with Crippen LogP contribution in [0.15, 0.2) is 58.5 Å². The summed E-state index contributed by atoms with van der Waals surface area (Å²) >= 11 is 0. The van der Waals surface area contributed by atoms with Crippen LogP contribution in [0.1, 0.15) is 347 Å². The SMILES string of the molecule is CCCCCCCCCCCCCCCCCCCCCCC#CCCc1ccccc1N=C(CC)C(CCCC)=Nc1ccccc1CCC#CCCCCCCCCCCCCCCCCCCCCCC. The first-order valence-electron chi connectivity index (χ1n) is 33.0. The Bertz CT molecular complexity index is 1720. The molecule has 418 valence electrons. The van der Waals surface area contributed by atoms with Crippen LogP contribution in [0.2, 0.25) is 0 Å². The van der Waals surface area contributed by atoms with Crippen molar-refractivity contribution in [3.63, 3.8) is 0 Å². The standard InChI is InChI=1S/C72H120N2/c1-5-9-12-14-16-18-20-22-24-26-28-30-32-34-36-38-40-42-44-46-48-50-52-54-60-67-62-56-58-65-70(67)73-69(8-4)72(64-11-7-3)74-71-66-59-57-63-68(71)61-55-53-51-49-47-45-43-41-39-37-35-33-31-29-27-25-23-21-19-17-15-13-10-6-2/h56-59,62-63,65-66H,5-49,54-55,60-61,64H2,1-4H3. The van der Waals surface area contributed by atoms with Crippen molar-refractivity contribution in [3.05, 3.63) is 59.7 Å². The summed E-state index contributed by atoms with van der Waals surface area (Å²) in [5, 5.41) is 0. The molecule has 0 bridgehead atoms. The van der Waals surface area contributed by atoms with E-state index < -0.39 is 0 Å². The van der Waals surface area contributed by atoms with E-state index in [1.54, 1.807) is 0 Å². The molecule has 2 aromatic carbocycles. The lowest BCUT2D eigenvalue weighted by Crippen LogP contribution is -2.13. The third-order valence-electron chi connectivity index (χ3n) is 15.5. The topological polar surface area (TPSA) is 24.7 Å². The minimum absolute atomic E-state index is 0.864. The molecular formula is C72H120N2. The molecule has 74 heavy (non-hydrogen) atoms. The van der Waals surface area contributed by atoms with E-state index in [9.17, 15) is 0 Å². The fourth-order valence-corrected chi connectivity index (χ4v) is 10.6. The molecule has 0 atom stereocenters. The third kappa shape index (κ3) is 40.2. The van der Waals surface area contributed by atoms with Crippen LogP contribution in [0, 0.1) is 23.7 Å². The van der Waals surface area contributed by atoms with E-state index in [4.69, 9.17) is 9.98 Å². The number of para-hydroxylation sites is 2. The number of hydrogen-bond donors (Lipinski definition) is 0. The predicted molar refractivity (Wildman–Crippen MR) is 334 cm³/mol. The summed E-state index contributed by atoms with van der Waals surface area (Å²) in [6.07, 6.45) is 66.7. The van der Waals surface area contributed by atoms with Gasteiger partial charge in [-0.3, -0.25) is 9.98 Å². The van der Waals surface area contributed by atoms with E-state index in [1.807, 2.05) is 0 Å². The summed E-state index contributed by atoms with van der Waals surface area (Å²) in [6, 6.07) is 17.4. The second-order valence-electron chi connectivity index (χ2n) is 22.5. The number of unbranched alkanes of at least 4 members (excludes halogenated alkanes) is 41. The first-order valence-corrected chi connectivity index (χ1v) is 33.0. The van der Waals surface area contributed by atoms with Crippen LogP contribution in [-0.2, 0) is 12.8 Å². The van der Waals surface area contributed by atoms with Crippen LogP contribution < -0.4 is 0 Å². The van der Waals surface area contributed by atoms with Gasteiger partial charge in [0.15, 0.2) is 0 Å². The molecular weight excluding hydrogens is 893 g/mol. The van der Waals surface area contributed by atoms with Gasteiger partial charge in [0.05, 0.1) is 22.8 Å². The second kappa shape index (κ2) is 53.3. The number of rotatable bonds is 51. The summed E-state index contributed by atoms with van der Waals surface area (Å²) in [5.74, 6) is 14.0. The van der Waals surface area contributed by atoms with Gasteiger partial charge in [0.2, 0.25) is 0 Å². The van der Waals surface area contributed by atoms with Crippen molar-refractivity contribution in [1.82, 2.24) is 0 Å². The van der Waals surface area contributed by atoms with Crippen molar-refractivity contribution in [2.75, 3.05) is 0 Å². The highest BCUT2D eigenvalue weighted by atomic mass is 14.8. The molecule has 0 fully saturated rings. The number of aliphatic imine (C=N–C) groups is 2. The number of benzene rings is 2. The van der Waals surface area contributed by atoms with Crippen LogP contribution in [0.4, 0.5) is 11.4 Å². The monoisotopic (exact) mass is 1010 g/mol. The molecule has 0 unspecified atom stereocenters. The lowest BCUT2D eigenvalue weighted by atomic mass is 10.0. The van der Waals surface area contributed by atoms with Gasteiger partial charge in [-0.2, -0.15) is 0 Å². The molecule has 0 aliphatic carbocycles. The molecule has 2 rings (SSSR count). The number of aryl methyl sites for hydroxylation is 2. The van der Waals surface area contributed by atoms with Crippen LogP contribution in [0.25, 0.3) is 0 Å². The lowest BCUT2D eigenvalue weighted by Gasteiger charge is -2.12. The van der Waals surface area contributed by atoms with Gasteiger partial charge in [-0.15, -0.1) is 23.7 Å². The molecule has 0 radical (unpaired) electrons. The highest BCUT2D eigenvalue weighted by Crippen LogP contribution is 2.26. The normalized spacial score (nSPS) is 11.7. The first-order chi connectivity index (χ1) is 36.7. The summed E-state index contributed by atoms with van der Waals surface area (Å²) in [5.41, 5.74) is 6.99. The van der Waals surface area contributed by atoms with E-state index in [1.165, 1.54) is 268 Å². The van der Waals surface area contributed by atoms with Crippen LogP contribution >= 0.6 is 0 Å². The van der Waals surface area contributed by atoms with Gasteiger partial charge in [-0.25, -0.2) is 0 Å². The van der Waals surface area contributed by atoms with Gasteiger partial charge in [-0.1, -0.05) is 315 Å². The van der Waals surface area contributed by atoms with Gasteiger partial charge in [0.1, 0.15) is 0 Å². The Hall–Kier alpha value is -3.10. The van der Waals surface area contributed by atoms with Crippen LogP contribution in [0.5, 0.6) is 0 Å². The van der Waals surface area contributed by atoms with Gasteiger partial charge < -0.3 is 0 Å². The van der Waals surface area contributed by atoms with Gasteiger partial charge in [-0.05, 0) is 68.2 Å². The van der Waals surface area contributed by atoms with Crippen molar-refractivity contribution in [1.29, 1.82) is 0 Å². The van der Waals surface area contributed by atoms with Gasteiger partial charge in [0, 0.05) is 25.7 Å². The second-order valence-corrected chi connectivity index (χ2v) is 22.5. The molecule has 0 aromatic heterocycles. The van der Waals surface area contributed by atoms with Crippen molar-refractivity contribution >= 4 is 22.8 Å². The molecule has 0 spiro atoms. The van der Waals surface area contributed by atoms with Crippen LogP contribution in [-0.4, -0.2) is 11.4 Å². The highest BCUT2D eigenvalue weighted by molar-refractivity contribution is 6.43. The maximum Gasteiger partial charge on any atom is 0.0666 e. The Labute approximate surface area is 462 Å². The summed E-state index contributed by atoms with van der Waals surface area (Å²) in [7, 11) is 0.